The molecule has 1 aliphatic rings. The van der Waals surface area contributed by atoms with E-state index in [-0.39, 0.29) is 6.54 Å². The van der Waals surface area contributed by atoms with Crippen LogP contribution in [0.4, 0.5) is 8.78 Å². The quantitative estimate of drug-likeness (QED) is 0.893. The lowest BCUT2D eigenvalue weighted by Crippen LogP contribution is -2.55. The molecule has 118 valence electrons. The van der Waals surface area contributed by atoms with Crippen molar-refractivity contribution < 1.29 is 17.2 Å². The summed E-state index contributed by atoms with van der Waals surface area (Å²) in [6.07, 6.45) is 2.90. The van der Waals surface area contributed by atoms with Crippen molar-refractivity contribution in [1.29, 1.82) is 0 Å². The van der Waals surface area contributed by atoms with Gasteiger partial charge in [0.2, 0.25) is 10.0 Å². The molecule has 1 fully saturated rings. The molecule has 1 aromatic carbocycles. The minimum absolute atomic E-state index is 0.135. The van der Waals surface area contributed by atoms with E-state index >= 15 is 0 Å². The lowest BCUT2D eigenvalue weighted by molar-refractivity contribution is 0.231. The van der Waals surface area contributed by atoms with Gasteiger partial charge in [0.05, 0.1) is 0 Å². The van der Waals surface area contributed by atoms with Crippen molar-refractivity contribution in [3.05, 3.63) is 29.8 Å². The van der Waals surface area contributed by atoms with Crippen LogP contribution in [0, 0.1) is 17.6 Å². The second-order valence-electron chi connectivity index (χ2n) is 5.85. The molecule has 0 radical (unpaired) electrons. The van der Waals surface area contributed by atoms with Crippen LogP contribution in [-0.2, 0) is 10.0 Å². The maximum atomic E-state index is 13.7. The van der Waals surface area contributed by atoms with E-state index in [1.54, 1.807) is 0 Å². The summed E-state index contributed by atoms with van der Waals surface area (Å²) in [7, 11) is -4.15. The van der Waals surface area contributed by atoms with Gasteiger partial charge in [-0.05, 0) is 49.8 Å². The molecular formula is C14H20F2N2O2S. The van der Waals surface area contributed by atoms with E-state index in [9.17, 15) is 17.2 Å². The Morgan fingerprint density at radius 3 is 2.52 bits per heavy atom. The van der Waals surface area contributed by atoms with Crippen LogP contribution in [0.25, 0.3) is 0 Å². The van der Waals surface area contributed by atoms with Crippen molar-refractivity contribution in [2.24, 2.45) is 11.7 Å². The van der Waals surface area contributed by atoms with Gasteiger partial charge in [-0.15, -0.1) is 0 Å². The topological polar surface area (TPSA) is 72.2 Å². The molecule has 0 bridgehead atoms. The van der Waals surface area contributed by atoms with Crippen LogP contribution in [0.15, 0.2) is 23.1 Å². The van der Waals surface area contributed by atoms with Gasteiger partial charge in [0.15, 0.2) is 0 Å². The zero-order valence-electron chi connectivity index (χ0n) is 11.9. The first kappa shape index (κ1) is 16.3. The standard InChI is InChI=1S/C14H20F2N2O2S/c1-10-4-6-14(9-17,7-5-10)18-21(19,20)13-8-11(15)2-3-12(13)16/h2-3,8,10,18H,4-7,9,17H2,1H3. The lowest BCUT2D eigenvalue weighted by Gasteiger charge is -2.38. The zero-order valence-corrected chi connectivity index (χ0v) is 12.7. The molecule has 21 heavy (non-hydrogen) atoms. The molecule has 0 atom stereocenters. The largest absolute Gasteiger partial charge is 0.329 e. The predicted octanol–water partition coefficient (Wildman–Crippen LogP) is 2.15. The summed E-state index contributed by atoms with van der Waals surface area (Å²) in [6.45, 7) is 2.23. The monoisotopic (exact) mass is 318 g/mol. The maximum absolute atomic E-state index is 13.7. The molecule has 4 nitrogen and oxygen atoms in total. The van der Waals surface area contributed by atoms with Crippen LogP contribution in [0.1, 0.15) is 32.6 Å². The lowest BCUT2D eigenvalue weighted by atomic mass is 9.78. The fraction of sp³-hybridized carbons (Fsp3) is 0.571. The number of hydrogen-bond acceptors (Lipinski definition) is 3. The second-order valence-corrected chi connectivity index (χ2v) is 7.50. The highest BCUT2D eigenvalue weighted by Gasteiger charge is 2.37. The molecule has 1 saturated carbocycles. The second kappa shape index (κ2) is 5.98. The third-order valence-electron chi connectivity index (χ3n) is 4.16. The Hall–Kier alpha value is -1.05. The Morgan fingerprint density at radius 2 is 1.95 bits per heavy atom. The van der Waals surface area contributed by atoms with Crippen molar-refractivity contribution >= 4 is 10.0 Å². The maximum Gasteiger partial charge on any atom is 0.244 e. The number of benzene rings is 1. The molecule has 0 aromatic heterocycles. The Kier molecular flexibility index (Phi) is 4.65. The van der Waals surface area contributed by atoms with E-state index in [0.717, 1.165) is 25.0 Å². The summed E-state index contributed by atoms with van der Waals surface area (Å²) in [5.74, 6) is -1.25. The van der Waals surface area contributed by atoms with E-state index in [4.69, 9.17) is 5.73 Å². The Labute approximate surface area is 123 Å². The molecule has 0 unspecified atom stereocenters. The van der Waals surface area contributed by atoms with Gasteiger partial charge >= 0.3 is 0 Å². The Morgan fingerprint density at radius 1 is 1.33 bits per heavy atom. The Bertz CT molecular complexity index is 611. The molecule has 0 heterocycles. The van der Waals surface area contributed by atoms with Crippen molar-refractivity contribution in [3.63, 3.8) is 0 Å². The number of halogens is 2. The highest BCUT2D eigenvalue weighted by atomic mass is 32.2. The van der Waals surface area contributed by atoms with Gasteiger partial charge < -0.3 is 5.73 Å². The summed E-state index contributed by atoms with van der Waals surface area (Å²) < 4.78 is 54.1. The number of hydrogen-bond donors (Lipinski definition) is 2. The van der Waals surface area contributed by atoms with Gasteiger partial charge in [-0.2, -0.15) is 0 Å². The summed E-state index contributed by atoms with van der Waals surface area (Å²) in [5, 5.41) is 0. The van der Waals surface area contributed by atoms with Gasteiger partial charge in [0.1, 0.15) is 16.5 Å². The molecule has 7 heteroatoms. The number of sulfonamides is 1. The van der Waals surface area contributed by atoms with Crippen molar-refractivity contribution in [3.8, 4) is 0 Å². The first-order valence-corrected chi connectivity index (χ1v) is 8.45. The smallest absolute Gasteiger partial charge is 0.244 e. The van der Waals surface area contributed by atoms with Crippen molar-refractivity contribution in [1.82, 2.24) is 4.72 Å². The fourth-order valence-electron chi connectivity index (χ4n) is 2.69. The Balaban J connectivity index is 2.29. The van der Waals surface area contributed by atoms with Gasteiger partial charge in [-0.1, -0.05) is 6.92 Å². The van der Waals surface area contributed by atoms with Crippen LogP contribution in [0.2, 0.25) is 0 Å². The number of nitrogens with two attached hydrogens (primary N) is 1. The molecule has 0 amide bonds. The van der Waals surface area contributed by atoms with E-state index in [1.165, 1.54) is 0 Å². The van der Waals surface area contributed by atoms with Gasteiger partial charge in [0.25, 0.3) is 0 Å². The van der Waals surface area contributed by atoms with E-state index in [0.29, 0.717) is 24.8 Å². The van der Waals surface area contributed by atoms with E-state index < -0.39 is 32.1 Å². The van der Waals surface area contributed by atoms with Crippen molar-refractivity contribution in [2.45, 2.75) is 43.0 Å². The SMILES string of the molecule is CC1CCC(CN)(NS(=O)(=O)c2cc(F)ccc2F)CC1. The molecule has 0 spiro atoms. The minimum atomic E-state index is -4.15. The van der Waals surface area contributed by atoms with Gasteiger partial charge in [-0.25, -0.2) is 21.9 Å². The summed E-state index contributed by atoms with van der Waals surface area (Å²) in [4.78, 5) is -0.672. The molecule has 0 saturated heterocycles. The molecule has 3 N–H and O–H groups in total. The third kappa shape index (κ3) is 3.59. The van der Waals surface area contributed by atoms with Crippen LogP contribution in [0.3, 0.4) is 0 Å². The molecular weight excluding hydrogens is 298 g/mol. The average Bonchev–Trinajstić information content (AvgIpc) is 2.44. The molecule has 1 aliphatic carbocycles. The molecule has 1 aromatic rings. The highest BCUT2D eigenvalue weighted by Crippen LogP contribution is 2.32. The van der Waals surface area contributed by atoms with E-state index in [2.05, 4.69) is 11.6 Å². The number of nitrogens with one attached hydrogen (secondary N) is 1. The zero-order chi connectivity index (χ0) is 15.7. The van der Waals surface area contributed by atoms with Gasteiger partial charge in [-0.3, -0.25) is 0 Å². The molecule has 0 aliphatic heterocycles. The highest BCUT2D eigenvalue weighted by molar-refractivity contribution is 7.89. The van der Waals surface area contributed by atoms with Gasteiger partial charge in [0, 0.05) is 12.1 Å². The third-order valence-corrected chi connectivity index (χ3v) is 5.75. The van der Waals surface area contributed by atoms with Crippen LogP contribution >= 0.6 is 0 Å². The normalized spacial score (nSPS) is 26.8. The minimum Gasteiger partial charge on any atom is -0.329 e. The first-order valence-electron chi connectivity index (χ1n) is 6.97. The fourth-order valence-corrected chi connectivity index (χ4v) is 4.25. The average molecular weight is 318 g/mol. The van der Waals surface area contributed by atoms with Crippen LogP contribution < -0.4 is 10.5 Å². The van der Waals surface area contributed by atoms with Crippen LogP contribution in [-0.4, -0.2) is 20.5 Å². The predicted molar refractivity (Wildman–Crippen MR) is 76.1 cm³/mol. The first-order chi connectivity index (χ1) is 9.78. The summed E-state index contributed by atoms with van der Waals surface area (Å²) >= 11 is 0. The van der Waals surface area contributed by atoms with Crippen LogP contribution in [0.5, 0.6) is 0 Å². The van der Waals surface area contributed by atoms with E-state index in [1.807, 2.05) is 0 Å². The summed E-state index contributed by atoms with van der Waals surface area (Å²) in [6, 6.07) is 2.38. The number of rotatable bonds is 4. The summed E-state index contributed by atoms with van der Waals surface area (Å²) in [5.41, 5.74) is 4.97. The van der Waals surface area contributed by atoms with Crippen molar-refractivity contribution in [2.75, 3.05) is 6.54 Å². The molecule has 2 rings (SSSR count).